The maximum absolute atomic E-state index is 11.5. The van der Waals surface area contributed by atoms with E-state index in [0.717, 1.165) is 5.92 Å². The molecule has 0 spiro atoms. The minimum absolute atomic E-state index is 0. The van der Waals surface area contributed by atoms with Gasteiger partial charge in [-0.1, -0.05) is 33.6 Å². The van der Waals surface area contributed by atoms with E-state index in [9.17, 15) is 4.79 Å². The number of hydrogen-bond acceptors (Lipinski definition) is 2. The number of carbonyl (C=O) groups excluding carboxylic acids is 1. The zero-order valence-electron chi connectivity index (χ0n) is 12.0. The van der Waals surface area contributed by atoms with E-state index in [4.69, 9.17) is 4.84 Å². The second kappa shape index (κ2) is 5.50. The molecule has 0 aromatic heterocycles. The average Bonchev–Trinajstić information content (AvgIpc) is 2.57. The molecule has 0 aliphatic heterocycles. The number of hydrogen-bond donors (Lipinski definition) is 1. The van der Waals surface area contributed by atoms with Crippen LogP contribution < -0.4 is 5.48 Å². The Balaban J connectivity index is 0.00000162. The standard InChI is InChI=1S/C14H24NO2.Y/c1-9(2)12(16)17-15-11-8-10-6-7-14(11,5)13(10,3)4;/h9-11,15H,1,6-8H2,2-5H3;/q-1;/p+1/t9-,10?,11?,14?;/m0./s1. The predicted octanol–water partition coefficient (Wildman–Crippen LogP) is 1.69. The SMILES string of the molecule is [CH2-][C@@H](C)C(=O)O[NH2+]C1CC2CCC1(C)C2(C)C.[Y]. The molecule has 0 amide bonds. The molecule has 2 aliphatic carbocycles. The van der Waals surface area contributed by atoms with E-state index in [-0.39, 0.29) is 44.6 Å². The summed E-state index contributed by atoms with van der Waals surface area (Å²) in [4.78, 5) is 16.7. The Morgan fingerprint density at radius 1 is 1.44 bits per heavy atom. The van der Waals surface area contributed by atoms with Crippen LogP contribution in [0.4, 0.5) is 0 Å². The molecule has 3 nitrogen and oxygen atoms in total. The number of rotatable bonds is 3. The third-order valence-electron chi connectivity index (χ3n) is 5.61. The predicted molar refractivity (Wildman–Crippen MR) is 65.6 cm³/mol. The zero-order chi connectivity index (χ0) is 12.8. The fraction of sp³-hybridized carbons (Fsp3) is 0.857. The molecule has 2 aliphatic rings. The van der Waals surface area contributed by atoms with Gasteiger partial charge in [-0.2, -0.15) is 5.48 Å². The van der Waals surface area contributed by atoms with Crippen molar-refractivity contribution in [3.8, 4) is 0 Å². The summed E-state index contributed by atoms with van der Waals surface area (Å²) in [5.41, 5.74) is 2.46. The average molecular weight is 328 g/mol. The molecule has 2 bridgehead atoms. The fourth-order valence-electron chi connectivity index (χ4n) is 3.74. The first-order valence-electron chi connectivity index (χ1n) is 6.66. The summed E-state index contributed by atoms with van der Waals surface area (Å²) in [5.74, 6) is 0.282. The van der Waals surface area contributed by atoms with Gasteiger partial charge in [0.05, 0.1) is 0 Å². The summed E-state index contributed by atoms with van der Waals surface area (Å²) in [5, 5.41) is 0. The van der Waals surface area contributed by atoms with Gasteiger partial charge in [0.2, 0.25) is 0 Å². The van der Waals surface area contributed by atoms with Crippen molar-refractivity contribution in [3.05, 3.63) is 6.92 Å². The third kappa shape index (κ3) is 2.43. The van der Waals surface area contributed by atoms with Crippen LogP contribution >= 0.6 is 0 Å². The summed E-state index contributed by atoms with van der Waals surface area (Å²) in [6, 6.07) is 0.416. The second-order valence-electron chi connectivity index (χ2n) is 6.69. The van der Waals surface area contributed by atoms with Gasteiger partial charge in [0.15, 0.2) is 0 Å². The Bertz CT molecular complexity index is 330. The Morgan fingerprint density at radius 2 is 2.06 bits per heavy atom. The minimum Gasteiger partial charge on any atom is -0.330 e. The van der Waals surface area contributed by atoms with Crippen molar-refractivity contribution < 1.29 is 47.8 Å². The van der Waals surface area contributed by atoms with Gasteiger partial charge in [0.1, 0.15) is 6.04 Å². The normalized spacial score (nSPS) is 38.1. The van der Waals surface area contributed by atoms with E-state index in [1.807, 2.05) is 0 Å². The van der Waals surface area contributed by atoms with Crippen LogP contribution in [-0.2, 0) is 42.3 Å². The topological polar surface area (TPSA) is 42.9 Å². The quantitative estimate of drug-likeness (QED) is 0.633. The first-order chi connectivity index (χ1) is 7.79. The molecule has 4 atom stereocenters. The van der Waals surface area contributed by atoms with E-state index < -0.39 is 0 Å². The van der Waals surface area contributed by atoms with Crippen LogP contribution in [0.2, 0.25) is 0 Å². The van der Waals surface area contributed by atoms with Crippen LogP contribution in [-0.4, -0.2) is 12.0 Å². The van der Waals surface area contributed by atoms with Gasteiger partial charge in [0.25, 0.3) is 0 Å². The van der Waals surface area contributed by atoms with Crippen molar-refractivity contribution in [3.63, 3.8) is 0 Å². The van der Waals surface area contributed by atoms with Gasteiger partial charge in [-0.3, -0.25) is 4.84 Å². The van der Waals surface area contributed by atoms with Crippen molar-refractivity contribution in [2.24, 2.45) is 22.7 Å². The van der Waals surface area contributed by atoms with Crippen LogP contribution in [0.1, 0.15) is 47.0 Å². The van der Waals surface area contributed by atoms with Crippen molar-refractivity contribution in [2.45, 2.75) is 53.0 Å². The molecule has 2 N–H and O–H groups in total. The monoisotopic (exact) mass is 328 g/mol. The van der Waals surface area contributed by atoms with Crippen molar-refractivity contribution in [1.29, 1.82) is 0 Å². The van der Waals surface area contributed by atoms with E-state index in [0.29, 0.717) is 16.9 Å². The number of nitrogens with two attached hydrogens (primary N) is 1. The number of fused-ring (bicyclic) bond motifs is 2. The molecule has 1 radical (unpaired) electrons. The van der Waals surface area contributed by atoms with Crippen LogP contribution in [0.15, 0.2) is 0 Å². The number of quaternary nitrogens is 1. The first kappa shape index (κ1) is 16.6. The fourth-order valence-corrected chi connectivity index (χ4v) is 3.74. The Labute approximate surface area is 136 Å². The molecule has 3 unspecified atom stereocenters. The summed E-state index contributed by atoms with van der Waals surface area (Å²) in [6.07, 6.45) is 3.75. The van der Waals surface area contributed by atoms with Gasteiger partial charge in [0, 0.05) is 44.5 Å². The van der Waals surface area contributed by atoms with E-state index in [1.165, 1.54) is 19.3 Å². The van der Waals surface area contributed by atoms with Gasteiger partial charge in [-0.15, -0.1) is 0 Å². The molecular formula is C14H25NO2Y. The van der Waals surface area contributed by atoms with Gasteiger partial charge in [-0.25, -0.2) is 4.79 Å². The van der Waals surface area contributed by atoms with Gasteiger partial charge >= 0.3 is 5.97 Å². The molecule has 2 saturated carbocycles. The molecule has 0 heterocycles. The van der Waals surface area contributed by atoms with Crippen LogP contribution in [0.5, 0.6) is 0 Å². The summed E-state index contributed by atoms with van der Waals surface area (Å²) < 4.78 is 0. The Kier molecular flexibility index (Phi) is 5.06. The second-order valence-corrected chi connectivity index (χ2v) is 6.69. The van der Waals surface area contributed by atoms with Gasteiger partial charge in [-0.05, 0) is 24.2 Å². The summed E-state index contributed by atoms with van der Waals surface area (Å²) in [7, 11) is 0. The molecule has 0 saturated heterocycles. The van der Waals surface area contributed by atoms with E-state index in [2.05, 4.69) is 27.7 Å². The summed E-state index contributed by atoms with van der Waals surface area (Å²) in [6.45, 7) is 12.5. The van der Waals surface area contributed by atoms with Crippen LogP contribution in [0, 0.1) is 29.6 Å². The zero-order valence-corrected chi connectivity index (χ0v) is 14.9. The maximum atomic E-state index is 11.5. The minimum atomic E-state index is -0.286. The van der Waals surface area contributed by atoms with E-state index >= 15 is 0 Å². The Hall–Kier alpha value is 0.534. The van der Waals surface area contributed by atoms with Gasteiger partial charge < -0.3 is 6.92 Å². The van der Waals surface area contributed by atoms with Crippen LogP contribution in [0.3, 0.4) is 0 Å². The largest absolute Gasteiger partial charge is 0.339 e. The molecule has 101 valence electrons. The van der Waals surface area contributed by atoms with E-state index in [1.54, 1.807) is 12.4 Å². The summed E-state index contributed by atoms with van der Waals surface area (Å²) >= 11 is 0. The molecule has 18 heavy (non-hydrogen) atoms. The van der Waals surface area contributed by atoms with Crippen molar-refractivity contribution >= 4 is 5.97 Å². The maximum Gasteiger partial charge on any atom is 0.339 e. The molecule has 2 rings (SSSR count). The third-order valence-corrected chi connectivity index (χ3v) is 5.61. The molecule has 2 fully saturated rings. The van der Waals surface area contributed by atoms with Crippen molar-refractivity contribution in [1.82, 2.24) is 0 Å². The first-order valence-corrected chi connectivity index (χ1v) is 6.66. The number of carbonyl (C=O) groups is 1. The Morgan fingerprint density at radius 3 is 2.44 bits per heavy atom. The van der Waals surface area contributed by atoms with Crippen molar-refractivity contribution in [2.75, 3.05) is 0 Å². The van der Waals surface area contributed by atoms with Crippen LogP contribution in [0.25, 0.3) is 0 Å². The molecule has 0 aromatic carbocycles. The smallest absolute Gasteiger partial charge is 0.330 e. The molecule has 0 aromatic rings. The molecule has 4 heteroatoms. The molecular weight excluding hydrogens is 303 g/mol. The number of hydroxylamine groups is 1.